The number of hydrogen-bond acceptors (Lipinski definition) is 14. The van der Waals surface area contributed by atoms with E-state index in [0.29, 0.717) is 42.1 Å². The van der Waals surface area contributed by atoms with Crippen LogP contribution in [0.2, 0.25) is 0 Å². The van der Waals surface area contributed by atoms with Crippen LogP contribution in [0.5, 0.6) is 0 Å². The Hall–Kier alpha value is -6.68. The van der Waals surface area contributed by atoms with Gasteiger partial charge in [0.15, 0.2) is 23.1 Å². The minimum Gasteiger partial charge on any atom is -0.481 e. The maximum Gasteiger partial charge on any atom is 0.306 e. The highest BCUT2D eigenvalue weighted by Crippen LogP contribution is 2.26. The van der Waals surface area contributed by atoms with Crippen LogP contribution in [0.15, 0.2) is 30.5 Å². The maximum atomic E-state index is 14.6. The van der Waals surface area contributed by atoms with Crippen LogP contribution in [0, 0.1) is 23.7 Å². The molecule has 0 saturated carbocycles. The summed E-state index contributed by atoms with van der Waals surface area (Å²) in [5, 5.41) is 40.8. The van der Waals surface area contributed by atoms with Crippen molar-refractivity contribution in [2.24, 2.45) is 29.4 Å². The predicted molar refractivity (Wildman–Crippen MR) is 280 cm³/mol. The lowest BCUT2D eigenvalue weighted by Gasteiger charge is -2.26. The molecule has 0 aliphatic carbocycles. The quantitative estimate of drug-likeness (QED) is 0.0443. The Kier molecular flexibility index (Phi) is 25.2. The van der Waals surface area contributed by atoms with Crippen LogP contribution >= 0.6 is 0 Å². The molecule has 22 heteroatoms. The zero-order valence-corrected chi connectivity index (χ0v) is 44.8. The molecule has 2 aromatic rings. The predicted octanol–water partition coefficient (Wildman–Crippen LogP) is 2.77. The number of rotatable bonds is 36. The summed E-state index contributed by atoms with van der Waals surface area (Å²) >= 11 is 0. The molecule has 424 valence electrons. The second-order valence-electron chi connectivity index (χ2n) is 21.2. The van der Waals surface area contributed by atoms with E-state index in [2.05, 4.69) is 26.3 Å². The van der Waals surface area contributed by atoms with Crippen molar-refractivity contribution in [2.45, 2.75) is 186 Å². The number of aromatic nitrogens is 1. The van der Waals surface area contributed by atoms with Crippen LogP contribution < -0.4 is 27.0 Å². The summed E-state index contributed by atoms with van der Waals surface area (Å²) < 4.78 is 0. The highest BCUT2D eigenvalue weighted by molar-refractivity contribution is 5.99. The van der Waals surface area contributed by atoms with Gasteiger partial charge in [-0.3, -0.25) is 57.5 Å². The fraction of sp³-hybridized carbons (Fsp3) is 0.636. The van der Waals surface area contributed by atoms with Gasteiger partial charge in [0, 0.05) is 93.9 Å². The monoisotopic (exact) mass is 1080 g/mol. The zero-order valence-electron chi connectivity index (χ0n) is 44.8. The van der Waals surface area contributed by atoms with Crippen molar-refractivity contribution in [1.29, 1.82) is 0 Å². The molecule has 0 spiro atoms. The number of aromatic amines is 1. The van der Waals surface area contributed by atoms with Gasteiger partial charge in [-0.25, -0.2) is 0 Å². The number of para-hydroxylation sites is 1. The van der Waals surface area contributed by atoms with Crippen molar-refractivity contribution in [3.05, 3.63) is 36.0 Å². The number of aliphatic carboxylic acids is 2. The number of Topliss-reactive ketones (excluding diaryl/α,β-unsaturated/α-hetero) is 5. The van der Waals surface area contributed by atoms with E-state index in [1.165, 1.54) is 11.8 Å². The van der Waals surface area contributed by atoms with Crippen molar-refractivity contribution in [3.63, 3.8) is 0 Å². The summed E-state index contributed by atoms with van der Waals surface area (Å²) in [4.78, 5) is 163. The lowest BCUT2D eigenvalue weighted by Crippen LogP contribution is -2.49. The fourth-order valence-electron chi connectivity index (χ4n) is 10.1. The molecule has 1 aromatic heterocycles. The molecular formula is C55H79N7O15. The van der Waals surface area contributed by atoms with E-state index < -0.39 is 132 Å². The summed E-state index contributed by atoms with van der Waals surface area (Å²) in [5.74, 6) is -12.4. The number of aliphatic hydroxyl groups excluding tert-OH is 1. The summed E-state index contributed by atoms with van der Waals surface area (Å²) in [6.07, 6.45) is 0.796. The summed E-state index contributed by atoms with van der Waals surface area (Å²) in [5.41, 5.74) is 6.66. The first-order valence-corrected chi connectivity index (χ1v) is 27.0. The van der Waals surface area contributed by atoms with Gasteiger partial charge in [-0.05, 0) is 63.0 Å². The normalized spacial score (nSPS) is 18.6. The fourth-order valence-corrected chi connectivity index (χ4v) is 10.1. The van der Waals surface area contributed by atoms with Crippen LogP contribution in [0.4, 0.5) is 0 Å². The van der Waals surface area contributed by atoms with Gasteiger partial charge in [0.1, 0.15) is 5.78 Å². The number of β-amino-alcohol motifs (C(OH)–C–C–N with tert-alkyl or cyclic N) is 1. The Morgan fingerprint density at radius 2 is 1.43 bits per heavy atom. The third-order valence-electron chi connectivity index (χ3n) is 14.4. The topological polar surface area (TPSA) is 359 Å². The van der Waals surface area contributed by atoms with Gasteiger partial charge in [0.05, 0.1) is 54.6 Å². The minimum absolute atomic E-state index is 0.130. The van der Waals surface area contributed by atoms with E-state index in [1.54, 1.807) is 30.5 Å². The zero-order chi connectivity index (χ0) is 56.9. The first kappa shape index (κ1) is 62.9. The number of H-pyrrole nitrogens is 1. The molecule has 2 fully saturated rings. The molecule has 2 saturated heterocycles. The summed E-state index contributed by atoms with van der Waals surface area (Å²) in [7, 11) is 0. The number of carboxylic acids is 2. The van der Waals surface area contributed by atoms with E-state index in [4.69, 9.17) is 5.73 Å². The van der Waals surface area contributed by atoms with E-state index in [-0.39, 0.29) is 94.8 Å². The molecule has 2 aliphatic heterocycles. The number of carboxylic acid groups (broad SMARTS) is 2. The molecule has 0 bridgehead atoms. The van der Waals surface area contributed by atoms with Gasteiger partial charge in [-0.2, -0.15) is 0 Å². The van der Waals surface area contributed by atoms with Crippen molar-refractivity contribution in [1.82, 2.24) is 31.2 Å². The molecule has 77 heavy (non-hydrogen) atoms. The number of amides is 5. The molecule has 5 amide bonds. The number of likely N-dealkylation sites (tertiary alicyclic amines) is 1. The van der Waals surface area contributed by atoms with Gasteiger partial charge in [-0.1, -0.05) is 58.2 Å². The average Bonchev–Trinajstić information content (AvgIpc) is 4.15. The number of ketones is 5. The summed E-state index contributed by atoms with van der Waals surface area (Å²) in [6.45, 7) is 7.59. The van der Waals surface area contributed by atoms with E-state index in [1.807, 2.05) is 20.8 Å². The van der Waals surface area contributed by atoms with E-state index in [0.717, 1.165) is 12.8 Å². The Morgan fingerprint density at radius 1 is 0.740 bits per heavy atom. The Balaban J connectivity index is 1.47. The van der Waals surface area contributed by atoms with Gasteiger partial charge in [0.2, 0.25) is 29.5 Å². The minimum atomic E-state index is -1.59. The molecule has 0 radical (unpaired) electrons. The molecule has 4 rings (SSSR count). The molecule has 2 aliphatic rings. The van der Waals surface area contributed by atoms with Crippen molar-refractivity contribution < 1.29 is 72.9 Å². The lowest BCUT2D eigenvalue weighted by atomic mass is 9.87. The maximum absolute atomic E-state index is 14.6. The number of aliphatic hydroxyl groups is 1. The van der Waals surface area contributed by atoms with Crippen LogP contribution in [0.25, 0.3) is 10.9 Å². The highest BCUT2D eigenvalue weighted by atomic mass is 16.4. The smallest absolute Gasteiger partial charge is 0.306 e. The standard InChI is InChI=1S/C55H79N7O15/c1-5-6-7-11-33(55(76)77)24-48(68)43-14-10-21-62(43)51(71)20-17-44(64)32(4)59-53(74)34(22-31(2)3)25-47(67)42(23-36-29-57-39-13-9-8-12-38(36)39)61-54(75)35(27-52(72)73)26-46(66)40(15-18-49(56)69)60-50(70)19-16-45(65)41-28-37(63)30-58-41/h8-9,12-13,29,31-35,37,40-43,57-58,63H,5-7,10-11,14-28,30H2,1-4H3,(H2,56,69)(H,59,74)(H,60,70)(H,61,75)(H,72,73)(H,76,77)/t32-,33+,34+,35-,37+,40-,41-,42-,43-/m0/s1. The number of nitrogens with zero attached hydrogens (tertiary/aromatic N) is 1. The molecular weight excluding hydrogens is 999 g/mol. The Morgan fingerprint density at radius 3 is 2.08 bits per heavy atom. The first-order valence-electron chi connectivity index (χ1n) is 27.0. The Bertz CT molecular complexity index is 2450. The molecule has 10 N–H and O–H groups in total. The largest absolute Gasteiger partial charge is 0.481 e. The van der Waals surface area contributed by atoms with Gasteiger partial charge in [-0.15, -0.1) is 0 Å². The number of carbonyl (C=O) groups excluding carboxylic acids is 10. The number of benzene rings is 1. The third-order valence-corrected chi connectivity index (χ3v) is 14.4. The second kappa shape index (κ2) is 30.9. The molecule has 1 aromatic carbocycles. The van der Waals surface area contributed by atoms with Crippen molar-refractivity contribution >= 4 is 81.3 Å². The number of fused-ring (bicyclic) bond motifs is 1. The molecule has 0 unspecified atom stereocenters. The Labute approximate surface area is 448 Å². The SMILES string of the molecule is CCCCC[C@H](CC(=O)[C@@H]1CCCN1C(=O)CCC(=O)[C@H](C)NC(=O)[C@@H](CC(=O)[C@H](Cc1c[nH]c2ccccc12)NC(=O)[C@H](CC(=O)O)CC(=O)[C@H](CCC(N)=O)NC(=O)CCC(=O)[C@@H]1C[C@@H](O)CN1)CC(C)C)C(=O)O. The summed E-state index contributed by atoms with van der Waals surface area (Å²) in [6, 6.07) is 1.83. The number of carbonyl (C=O) groups is 12. The average molecular weight is 1080 g/mol. The number of nitrogens with two attached hydrogens (primary N) is 1. The van der Waals surface area contributed by atoms with Crippen molar-refractivity contribution in [3.8, 4) is 0 Å². The lowest BCUT2D eigenvalue weighted by molar-refractivity contribution is -0.145. The molecule has 9 atom stereocenters. The number of hydrogen-bond donors (Lipinski definition) is 9. The van der Waals surface area contributed by atoms with Crippen LogP contribution in [-0.4, -0.2) is 145 Å². The van der Waals surface area contributed by atoms with E-state index >= 15 is 0 Å². The van der Waals surface area contributed by atoms with Crippen LogP contribution in [0.1, 0.15) is 149 Å². The van der Waals surface area contributed by atoms with Gasteiger partial charge in [0.25, 0.3) is 0 Å². The van der Waals surface area contributed by atoms with Crippen LogP contribution in [0.3, 0.4) is 0 Å². The van der Waals surface area contributed by atoms with Crippen molar-refractivity contribution in [2.75, 3.05) is 13.1 Å². The second-order valence-corrected chi connectivity index (χ2v) is 21.2. The molecule has 22 nitrogen and oxygen atoms in total. The highest BCUT2D eigenvalue weighted by Gasteiger charge is 2.38. The van der Waals surface area contributed by atoms with Gasteiger partial charge < -0.3 is 52.2 Å². The number of nitrogens with one attached hydrogen (secondary N) is 5. The number of unbranched alkanes of at least 4 members (excludes halogenated alkanes) is 2. The molecule has 3 heterocycles. The van der Waals surface area contributed by atoms with E-state index in [9.17, 15) is 72.9 Å². The number of primary amides is 1. The third kappa shape index (κ3) is 20.3. The first-order chi connectivity index (χ1) is 36.5. The van der Waals surface area contributed by atoms with Crippen LogP contribution in [-0.2, 0) is 64.0 Å². The van der Waals surface area contributed by atoms with Gasteiger partial charge >= 0.3 is 11.9 Å².